The SMILES string of the molecule is COc1nc(Cl)nc(N2CCC(C)CC2CN)n1. The molecule has 2 rings (SSSR count). The number of ether oxygens (including phenoxy) is 1. The fourth-order valence-electron chi connectivity index (χ4n) is 2.28. The largest absolute Gasteiger partial charge is 0.467 e. The summed E-state index contributed by atoms with van der Waals surface area (Å²) in [6.45, 7) is 3.70. The molecule has 1 fully saturated rings. The first-order chi connectivity index (χ1) is 8.63. The van der Waals surface area contributed by atoms with Gasteiger partial charge in [-0.1, -0.05) is 6.92 Å². The van der Waals surface area contributed by atoms with Crippen LogP contribution in [0.5, 0.6) is 6.01 Å². The van der Waals surface area contributed by atoms with Gasteiger partial charge in [0.25, 0.3) is 0 Å². The zero-order chi connectivity index (χ0) is 13.1. The number of piperidine rings is 1. The van der Waals surface area contributed by atoms with E-state index in [1.165, 1.54) is 7.11 Å². The van der Waals surface area contributed by atoms with Crippen LogP contribution in [0.4, 0.5) is 5.95 Å². The highest BCUT2D eigenvalue weighted by Gasteiger charge is 2.27. The van der Waals surface area contributed by atoms with Crippen LogP contribution in [0.1, 0.15) is 19.8 Å². The Morgan fingerprint density at radius 1 is 1.44 bits per heavy atom. The fourth-order valence-corrected chi connectivity index (χ4v) is 2.43. The van der Waals surface area contributed by atoms with Crippen molar-refractivity contribution in [1.29, 1.82) is 0 Å². The maximum atomic E-state index is 5.87. The molecule has 0 saturated carbocycles. The molecule has 0 aliphatic carbocycles. The maximum Gasteiger partial charge on any atom is 0.322 e. The summed E-state index contributed by atoms with van der Waals surface area (Å²) in [7, 11) is 1.51. The van der Waals surface area contributed by atoms with Crippen LogP contribution >= 0.6 is 11.6 Å². The molecule has 1 aliphatic heterocycles. The van der Waals surface area contributed by atoms with E-state index in [1.807, 2.05) is 0 Å². The molecule has 2 N–H and O–H groups in total. The second-order valence-corrected chi connectivity index (χ2v) is 4.94. The summed E-state index contributed by atoms with van der Waals surface area (Å²) in [6, 6.07) is 0.483. The summed E-state index contributed by atoms with van der Waals surface area (Å²) in [5.74, 6) is 1.23. The monoisotopic (exact) mass is 271 g/mol. The van der Waals surface area contributed by atoms with Gasteiger partial charge < -0.3 is 15.4 Å². The summed E-state index contributed by atoms with van der Waals surface area (Å²) in [5, 5.41) is 0.145. The smallest absolute Gasteiger partial charge is 0.322 e. The van der Waals surface area contributed by atoms with Crippen LogP contribution in [-0.2, 0) is 0 Å². The zero-order valence-corrected chi connectivity index (χ0v) is 11.4. The average molecular weight is 272 g/mol. The highest BCUT2D eigenvalue weighted by atomic mass is 35.5. The number of hydrogen-bond acceptors (Lipinski definition) is 6. The third-order valence-corrected chi connectivity index (χ3v) is 3.43. The van der Waals surface area contributed by atoms with E-state index in [0.29, 0.717) is 18.4 Å². The Bertz CT molecular complexity index is 416. The van der Waals surface area contributed by atoms with Gasteiger partial charge in [-0.05, 0) is 30.4 Å². The van der Waals surface area contributed by atoms with Crippen LogP contribution < -0.4 is 15.4 Å². The van der Waals surface area contributed by atoms with Crippen molar-refractivity contribution < 1.29 is 4.74 Å². The molecular weight excluding hydrogens is 254 g/mol. The molecular formula is C11H18ClN5O. The molecule has 2 heterocycles. The van der Waals surface area contributed by atoms with E-state index >= 15 is 0 Å². The van der Waals surface area contributed by atoms with E-state index in [9.17, 15) is 0 Å². The molecule has 1 aromatic rings. The minimum absolute atomic E-state index is 0.145. The van der Waals surface area contributed by atoms with Crippen molar-refractivity contribution in [3.8, 4) is 6.01 Å². The summed E-state index contributed by atoms with van der Waals surface area (Å²) < 4.78 is 5.01. The summed E-state index contributed by atoms with van der Waals surface area (Å²) in [6.07, 6.45) is 2.14. The number of anilines is 1. The van der Waals surface area contributed by atoms with Crippen LogP contribution in [0.25, 0.3) is 0 Å². The number of methoxy groups -OCH3 is 1. The molecule has 100 valence electrons. The van der Waals surface area contributed by atoms with Crippen molar-refractivity contribution in [2.24, 2.45) is 11.7 Å². The van der Waals surface area contributed by atoms with Gasteiger partial charge in [-0.2, -0.15) is 15.0 Å². The van der Waals surface area contributed by atoms with Crippen LogP contribution in [0.2, 0.25) is 5.28 Å². The lowest BCUT2D eigenvalue weighted by molar-refractivity contribution is 0.354. The van der Waals surface area contributed by atoms with Crippen LogP contribution in [0.3, 0.4) is 0 Å². The van der Waals surface area contributed by atoms with Gasteiger partial charge >= 0.3 is 6.01 Å². The normalized spacial score (nSPS) is 24.1. The molecule has 18 heavy (non-hydrogen) atoms. The number of nitrogens with zero attached hydrogens (tertiary/aromatic N) is 4. The second-order valence-electron chi connectivity index (χ2n) is 4.60. The third kappa shape index (κ3) is 2.81. The minimum Gasteiger partial charge on any atom is -0.467 e. The van der Waals surface area contributed by atoms with Crippen LogP contribution in [-0.4, -0.2) is 41.2 Å². The van der Waals surface area contributed by atoms with Gasteiger partial charge in [0.1, 0.15) is 0 Å². The summed E-state index contributed by atoms with van der Waals surface area (Å²) >= 11 is 5.87. The van der Waals surface area contributed by atoms with Crippen molar-refractivity contribution in [2.75, 3.05) is 25.1 Å². The number of hydrogen-bond donors (Lipinski definition) is 1. The first-order valence-electron chi connectivity index (χ1n) is 6.06. The van der Waals surface area contributed by atoms with Gasteiger partial charge in [0, 0.05) is 19.1 Å². The van der Waals surface area contributed by atoms with E-state index in [2.05, 4.69) is 26.8 Å². The maximum absolute atomic E-state index is 5.87. The molecule has 1 aliphatic rings. The lowest BCUT2D eigenvalue weighted by Gasteiger charge is -2.37. The van der Waals surface area contributed by atoms with Crippen molar-refractivity contribution in [3.63, 3.8) is 0 Å². The van der Waals surface area contributed by atoms with Crippen molar-refractivity contribution in [3.05, 3.63) is 5.28 Å². The van der Waals surface area contributed by atoms with Gasteiger partial charge in [0.05, 0.1) is 7.11 Å². The highest BCUT2D eigenvalue weighted by Crippen LogP contribution is 2.26. The Hall–Kier alpha value is -1.14. The predicted octanol–water partition coefficient (Wildman–Crippen LogP) is 1.10. The van der Waals surface area contributed by atoms with Crippen LogP contribution in [0, 0.1) is 5.92 Å². The molecule has 0 bridgehead atoms. The van der Waals surface area contributed by atoms with E-state index in [4.69, 9.17) is 22.1 Å². The molecule has 2 atom stereocenters. The van der Waals surface area contributed by atoms with E-state index in [0.717, 1.165) is 19.4 Å². The van der Waals surface area contributed by atoms with Crippen LogP contribution in [0.15, 0.2) is 0 Å². The van der Waals surface area contributed by atoms with Crippen molar-refractivity contribution >= 4 is 17.5 Å². The molecule has 1 saturated heterocycles. The minimum atomic E-state index is 0.145. The lowest BCUT2D eigenvalue weighted by atomic mass is 9.93. The molecule has 6 nitrogen and oxygen atoms in total. The van der Waals surface area contributed by atoms with Gasteiger partial charge in [-0.25, -0.2) is 0 Å². The Balaban J connectivity index is 2.26. The van der Waals surface area contributed by atoms with Gasteiger partial charge in [0.15, 0.2) is 0 Å². The Labute approximate surface area is 112 Å². The molecule has 0 spiro atoms. The Kier molecular flexibility index (Phi) is 4.19. The molecule has 0 amide bonds. The quantitative estimate of drug-likeness (QED) is 0.887. The molecule has 7 heteroatoms. The molecule has 2 unspecified atom stereocenters. The highest BCUT2D eigenvalue weighted by molar-refractivity contribution is 6.28. The summed E-state index contributed by atoms with van der Waals surface area (Å²) in [5.41, 5.74) is 5.82. The first kappa shape index (κ1) is 13.3. The number of rotatable bonds is 3. The topological polar surface area (TPSA) is 77.2 Å². The third-order valence-electron chi connectivity index (χ3n) is 3.27. The van der Waals surface area contributed by atoms with E-state index < -0.39 is 0 Å². The van der Waals surface area contributed by atoms with E-state index in [1.54, 1.807) is 0 Å². The average Bonchev–Trinajstić information content (AvgIpc) is 2.37. The molecule has 1 aromatic heterocycles. The van der Waals surface area contributed by atoms with Crippen molar-refractivity contribution in [2.45, 2.75) is 25.8 Å². The van der Waals surface area contributed by atoms with Gasteiger partial charge in [0.2, 0.25) is 11.2 Å². The first-order valence-corrected chi connectivity index (χ1v) is 6.44. The van der Waals surface area contributed by atoms with E-state index in [-0.39, 0.29) is 17.3 Å². The standard InChI is InChI=1S/C11H18ClN5O/c1-7-3-4-17(8(5-7)6-13)10-14-9(12)15-11(16-10)18-2/h7-8H,3-6,13H2,1-2H3. The number of aromatic nitrogens is 3. The molecule has 0 aromatic carbocycles. The predicted molar refractivity (Wildman–Crippen MR) is 70.0 cm³/mol. The Morgan fingerprint density at radius 3 is 2.89 bits per heavy atom. The Morgan fingerprint density at radius 2 is 2.22 bits per heavy atom. The zero-order valence-electron chi connectivity index (χ0n) is 10.6. The van der Waals surface area contributed by atoms with Crippen molar-refractivity contribution in [1.82, 2.24) is 15.0 Å². The fraction of sp³-hybridized carbons (Fsp3) is 0.727. The van der Waals surface area contributed by atoms with Gasteiger partial charge in [-0.15, -0.1) is 0 Å². The summed E-state index contributed by atoms with van der Waals surface area (Å²) in [4.78, 5) is 14.4. The lowest BCUT2D eigenvalue weighted by Crippen LogP contribution is -2.47. The van der Waals surface area contributed by atoms with Gasteiger partial charge in [-0.3, -0.25) is 0 Å². The number of halogens is 1. The molecule has 0 radical (unpaired) electrons. The second kappa shape index (κ2) is 5.67. The number of nitrogens with two attached hydrogens (primary N) is 1.